The Balaban J connectivity index is 1.91. The standard InChI is InChI=1S/C23H16ClN3O7S/c1-2-33-23(30)20-16(15(10-25)21(26)35-20)11-34-22(29)14-6-4-3-5-13(14)19(28)12-7-8-17(24)18(9-12)27(31)32/h3-9H,2,11,26H2,1H3. The molecule has 3 rings (SSSR count). The molecule has 1 aromatic heterocycles. The number of carbonyl (C=O) groups is 3. The van der Waals surface area contributed by atoms with Crippen molar-refractivity contribution in [2.75, 3.05) is 12.3 Å². The molecule has 35 heavy (non-hydrogen) atoms. The number of anilines is 1. The second-order valence-electron chi connectivity index (χ2n) is 6.86. The number of nitro groups is 1. The van der Waals surface area contributed by atoms with E-state index in [1.54, 1.807) is 6.92 Å². The Kier molecular flexibility index (Phi) is 7.80. The van der Waals surface area contributed by atoms with Gasteiger partial charge >= 0.3 is 11.9 Å². The number of nitrogens with two attached hydrogens (primary N) is 1. The highest BCUT2D eigenvalue weighted by Crippen LogP contribution is 2.32. The number of carbonyl (C=O) groups excluding carboxylic acids is 3. The van der Waals surface area contributed by atoms with Gasteiger partial charge in [0.15, 0.2) is 5.78 Å². The number of thiophene rings is 1. The zero-order valence-corrected chi connectivity index (χ0v) is 19.6. The van der Waals surface area contributed by atoms with E-state index in [0.717, 1.165) is 17.4 Å². The van der Waals surface area contributed by atoms with E-state index >= 15 is 0 Å². The number of hydrogen-bond donors (Lipinski definition) is 1. The van der Waals surface area contributed by atoms with E-state index in [0.29, 0.717) is 0 Å². The van der Waals surface area contributed by atoms with Crippen LogP contribution in [0.1, 0.15) is 54.0 Å². The van der Waals surface area contributed by atoms with Gasteiger partial charge in [0.05, 0.1) is 22.7 Å². The summed E-state index contributed by atoms with van der Waals surface area (Å²) in [7, 11) is 0. The van der Waals surface area contributed by atoms with Crippen LogP contribution in [0.25, 0.3) is 0 Å². The van der Waals surface area contributed by atoms with E-state index in [1.807, 2.05) is 6.07 Å². The van der Waals surface area contributed by atoms with Gasteiger partial charge in [-0.2, -0.15) is 5.26 Å². The fourth-order valence-corrected chi connectivity index (χ4v) is 4.23. The summed E-state index contributed by atoms with van der Waals surface area (Å²) in [6.45, 7) is 1.23. The quantitative estimate of drug-likeness (QED) is 0.197. The van der Waals surface area contributed by atoms with Crippen molar-refractivity contribution in [2.45, 2.75) is 13.5 Å². The number of nitrogen functional groups attached to an aromatic ring is 1. The molecule has 0 amide bonds. The molecule has 0 unspecified atom stereocenters. The maximum Gasteiger partial charge on any atom is 0.348 e. The second-order valence-corrected chi connectivity index (χ2v) is 8.31. The number of nitriles is 1. The molecule has 0 spiro atoms. The summed E-state index contributed by atoms with van der Waals surface area (Å²) in [6.07, 6.45) is 0. The van der Waals surface area contributed by atoms with Crippen molar-refractivity contribution in [3.8, 4) is 6.07 Å². The van der Waals surface area contributed by atoms with E-state index in [2.05, 4.69) is 0 Å². The largest absolute Gasteiger partial charge is 0.462 e. The van der Waals surface area contributed by atoms with E-state index in [9.17, 15) is 29.8 Å². The molecular weight excluding hydrogens is 498 g/mol. The molecule has 0 saturated heterocycles. The van der Waals surface area contributed by atoms with Gasteiger partial charge in [-0.05, 0) is 25.1 Å². The molecule has 0 atom stereocenters. The average Bonchev–Trinajstić information content (AvgIpc) is 3.17. The molecule has 0 bridgehead atoms. The van der Waals surface area contributed by atoms with E-state index in [1.165, 1.54) is 36.4 Å². The summed E-state index contributed by atoms with van der Waals surface area (Å²) < 4.78 is 10.3. The Hall–Kier alpha value is -4.27. The molecule has 178 valence electrons. The molecule has 0 aliphatic heterocycles. The van der Waals surface area contributed by atoms with Gasteiger partial charge in [-0.3, -0.25) is 14.9 Å². The van der Waals surface area contributed by atoms with Gasteiger partial charge in [0.2, 0.25) is 0 Å². The Morgan fingerprint density at radius 2 is 1.83 bits per heavy atom. The minimum absolute atomic E-state index is 0.0105. The molecule has 3 aromatic rings. The maximum atomic E-state index is 13.1. The highest BCUT2D eigenvalue weighted by atomic mass is 35.5. The Morgan fingerprint density at radius 1 is 1.14 bits per heavy atom. The summed E-state index contributed by atoms with van der Waals surface area (Å²) in [5, 5.41) is 20.5. The third-order valence-corrected chi connectivity index (χ3v) is 6.11. The lowest BCUT2D eigenvalue weighted by Crippen LogP contribution is -2.14. The van der Waals surface area contributed by atoms with E-state index in [-0.39, 0.29) is 49.3 Å². The third-order valence-electron chi connectivity index (χ3n) is 4.75. The number of nitro benzene ring substituents is 1. The summed E-state index contributed by atoms with van der Waals surface area (Å²) in [4.78, 5) is 48.7. The van der Waals surface area contributed by atoms with Crippen molar-refractivity contribution in [1.29, 1.82) is 5.26 Å². The van der Waals surface area contributed by atoms with Gasteiger partial charge in [0.1, 0.15) is 27.6 Å². The molecular formula is C23H16ClN3O7S. The SMILES string of the molecule is CCOC(=O)c1sc(N)c(C#N)c1COC(=O)c1ccccc1C(=O)c1ccc(Cl)c([N+](=O)[O-])c1. The van der Waals surface area contributed by atoms with Gasteiger partial charge in [0, 0.05) is 22.8 Å². The Bertz CT molecular complexity index is 1390. The lowest BCUT2D eigenvalue weighted by molar-refractivity contribution is -0.384. The van der Waals surface area contributed by atoms with Crippen molar-refractivity contribution >= 4 is 51.3 Å². The van der Waals surface area contributed by atoms with Crippen LogP contribution in [0, 0.1) is 21.4 Å². The topological polar surface area (TPSA) is 163 Å². The number of halogens is 1. The minimum Gasteiger partial charge on any atom is -0.462 e. The molecule has 0 aliphatic rings. The molecule has 12 heteroatoms. The number of hydrogen-bond acceptors (Lipinski definition) is 10. The number of ketones is 1. The summed E-state index contributed by atoms with van der Waals surface area (Å²) >= 11 is 6.65. The number of benzene rings is 2. The predicted octanol–water partition coefficient (Wildman–Crippen LogP) is 4.53. The second kappa shape index (κ2) is 10.8. The zero-order chi connectivity index (χ0) is 25.7. The normalized spacial score (nSPS) is 10.3. The van der Waals surface area contributed by atoms with Crippen LogP contribution in [0.3, 0.4) is 0 Å². The first-order valence-electron chi connectivity index (χ1n) is 9.92. The van der Waals surface area contributed by atoms with Crippen molar-refractivity contribution in [1.82, 2.24) is 0 Å². The average molecular weight is 514 g/mol. The highest BCUT2D eigenvalue weighted by molar-refractivity contribution is 7.18. The van der Waals surface area contributed by atoms with Gasteiger partial charge in [-0.15, -0.1) is 11.3 Å². The van der Waals surface area contributed by atoms with Crippen LogP contribution in [0.4, 0.5) is 10.7 Å². The molecule has 0 aliphatic carbocycles. The van der Waals surface area contributed by atoms with E-state index < -0.39 is 34.9 Å². The fraction of sp³-hybridized carbons (Fsp3) is 0.130. The summed E-state index contributed by atoms with van der Waals surface area (Å²) in [5.74, 6) is -2.29. The molecule has 2 aromatic carbocycles. The fourth-order valence-electron chi connectivity index (χ4n) is 3.13. The Labute approximate surface area is 207 Å². The summed E-state index contributed by atoms with van der Waals surface area (Å²) in [5.41, 5.74) is 5.22. The number of rotatable bonds is 8. The van der Waals surface area contributed by atoms with Gasteiger partial charge in [-0.1, -0.05) is 29.8 Å². The van der Waals surface area contributed by atoms with Gasteiger partial charge in [0.25, 0.3) is 5.69 Å². The van der Waals surface area contributed by atoms with Crippen LogP contribution in [0.2, 0.25) is 5.02 Å². The number of nitrogens with zero attached hydrogens (tertiary/aromatic N) is 2. The van der Waals surface area contributed by atoms with Crippen LogP contribution in [0.5, 0.6) is 0 Å². The monoisotopic (exact) mass is 513 g/mol. The number of esters is 2. The van der Waals surface area contributed by atoms with Crippen molar-refractivity contribution < 1.29 is 28.8 Å². The van der Waals surface area contributed by atoms with Crippen LogP contribution < -0.4 is 5.73 Å². The first-order chi connectivity index (χ1) is 16.7. The van der Waals surface area contributed by atoms with Crippen LogP contribution >= 0.6 is 22.9 Å². The lowest BCUT2D eigenvalue weighted by Gasteiger charge is -2.10. The van der Waals surface area contributed by atoms with Crippen LogP contribution in [-0.4, -0.2) is 29.3 Å². The molecule has 0 radical (unpaired) electrons. The number of ether oxygens (including phenoxy) is 2. The van der Waals surface area contributed by atoms with Crippen LogP contribution in [0.15, 0.2) is 42.5 Å². The first kappa shape index (κ1) is 25.4. The van der Waals surface area contributed by atoms with Gasteiger partial charge in [-0.25, -0.2) is 9.59 Å². The predicted molar refractivity (Wildman–Crippen MR) is 127 cm³/mol. The first-order valence-corrected chi connectivity index (χ1v) is 11.1. The zero-order valence-electron chi connectivity index (χ0n) is 18.1. The third kappa shape index (κ3) is 5.29. The van der Waals surface area contributed by atoms with Crippen molar-refractivity contribution in [3.05, 3.63) is 90.3 Å². The lowest BCUT2D eigenvalue weighted by atomic mass is 9.98. The minimum atomic E-state index is -0.916. The van der Waals surface area contributed by atoms with Gasteiger partial charge < -0.3 is 15.2 Å². The molecule has 10 nitrogen and oxygen atoms in total. The highest BCUT2D eigenvalue weighted by Gasteiger charge is 2.26. The molecule has 1 heterocycles. The van der Waals surface area contributed by atoms with Crippen molar-refractivity contribution in [3.63, 3.8) is 0 Å². The summed E-state index contributed by atoms with van der Waals surface area (Å²) in [6, 6.07) is 11.2. The smallest absolute Gasteiger partial charge is 0.348 e. The van der Waals surface area contributed by atoms with Crippen LogP contribution in [-0.2, 0) is 16.1 Å². The maximum absolute atomic E-state index is 13.1. The molecule has 0 saturated carbocycles. The molecule has 0 fully saturated rings. The molecule has 2 N–H and O–H groups in total. The van der Waals surface area contributed by atoms with E-state index in [4.69, 9.17) is 26.8 Å². The van der Waals surface area contributed by atoms with Crippen molar-refractivity contribution in [2.24, 2.45) is 0 Å². The Morgan fingerprint density at radius 3 is 2.46 bits per heavy atom.